The molecule has 2 heterocycles. The van der Waals surface area contributed by atoms with E-state index < -0.39 is 23.2 Å². The van der Waals surface area contributed by atoms with Gasteiger partial charge in [0.05, 0.1) is 5.41 Å². The van der Waals surface area contributed by atoms with Gasteiger partial charge in [-0.05, 0) is 85.9 Å². The molecule has 7 rings (SSSR count). The molecular formula is C34H48N2O5. The zero-order chi connectivity index (χ0) is 29.4. The first-order chi connectivity index (χ1) is 19.1. The zero-order valence-corrected chi connectivity index (χ0v) is 26.0. The van der Waals surface area contributed by atoms with Crippen LogP contribution in [0.15, 0.2) is 18.7 Å². The summed E-state index contributed by atoms with van der Waals surface area (Å²) in [5.41, 5.74) is -2.20. The van der Waals surface area contributed by atoms with Crippen LogP contribution in [0.25, 0.3) is 0 Å². The highest BCUT2D eigenvalue weighted by molar-refractivity contribution is 5.85. The standard InChI is InChI=1S/C34H48N2O5/c1-28(2)12-14-33-15-13-32(7)31(6)11-8-21-29(3,4)24(37)9-10-30(21,5)22(31)18-25(40-27(39)36-17-16-35-20-36)34(32,23(33)19-28)41-26(33)38/h16-17,20-23,25H,8-15,18-19H2,1-7H3/t21-,22+,23+,25-,30-,31+,32-,33-,34+/m0/s1. The quantitative estimate of drug-likeness (QED) is 0.342. The van der Waals surface area contributed by atoms with Gasteiger partial charge in [0.15, 0.2) is 5.60 Å². The summed E-state index contributed by atoms with van der Waals surface area (Å²) in [5.74, 6) is 0.844. The number of esters is 1. The maximum Gasteiger partial charge on any atom is 0.419 e. The SMILES string of the molecule is CC1(C)CC[C@@]23CC[C@]4(C)[C@](OC2=O)([C@@H](OC(=O)n2ccnc2)C[C@@H]2[C@@]5(C)CCC(=O)C(C)(C)[C@@H]5CC[C@]24C)[C@@H]3C1. The molecule has 41 heavy (non-hydrogen) atoms. The van der Waals surface area contributed by atoms with E-state index in [0.717, 1.165) is 51.4 Å². The minimum atomic E-state index is -0.870. The first-order valence-corrected chi connectivity index (χ1v) is 16.0. The number of carbonyl (C=O) groups is 3. The number of Topliss-reactive ketones (excluding diaryl/α,β-unsaturated/α-hetero) is 1. The van der Waals surface area contributed by atoms with E-state index >= 15 is 0 Å². The lowest BCUT2D eigenvalue weighted by Gasteiger charge is -2.74. The van der Waals surface area contributed by atoms with Crippen LogP contribution in [0.4, 0.5) is 4.79 Å². The monoisotopic (exact) mass is 564 g/mol. The molecule has 0 unspecified atom stereocenters. The molecule has 1 saturated heterocycles. The van der Waals surface area contributed by atoms with Gasteiger partial charge in [-0.15, -0.1) is 0 Å². The zero-order valence-electron chi connectivity index (χ0n) is 26.0. The number of hydrogen-bond donors (Lipinski definition) is 0. The number of rotatable bonds is 1. The molecule has 6 aliphatic rings. The molecule has 0 radical (unpaired) electrons. The second-order valence-corrected chi connectivity index (χ2v) is 16.9. The second-order valence-electron chi connectivity index (χ2n) is 16.9. The predicted octanol–water partition coefficient (Wildman–Crippen LogP) is 6.98. The van der Waals surface area contributed by atoms with Gasteiger partial charge < -0.3 is 9.47 Å². The molecule has 9 atom stereocenters. The number of aromatic nitrogens is 2. The third-order valence-corrected chi connectivity index (χ3v) is 14.7. The third kappa shape index (κ3) is 3.11. The first kappa shape index (κ1) is 27.6. The molecule has 1 aromatic heterocycles. The summed E-state index contributed by atoms with van der Waals surface area (Å²) in [5, 5.41) is 0. The number of imidazole rings is 1. The van der Waals surface area contributed by atoms with E-state index in [2.05, 4.69) is 53.5 Å². The lowest BCUT2D eigenvalue weighted by atomic mass is 9.30. The average Bonchev–Trinajstić information content (AvgIpc) is 3.49. The Labute approximate surface area is 244 Å². The third-order valence-electron chi connectivity index (χ3n) is 14.7. The molecule has 7 heteroatoms. The van der Waals surface area contributed by atoms with E-state index in [0.29, 0.717) is 18.6 Å². The van der Waals surface area contributed by atoms with Crippen LogP contribution in [0.1, 0.15) is 113 Å². The average molecular weight is 565 g/mol. The van der Waals surface area contributed by atoms with E-state index in [1.54, 1.807) is 12.4 Å². The number of ketones is 1. The maximum absolute atomic E-state index is 14.1. The van der Waals surface area contributed by atoms with Crippen LogP contribution in [0.2, 0.25) is 0 Å². The number of carbonyl (C=O) groups excluding carboxylic acids is 3. The van der Waals surface area contributed by atoms with Gasteiger partial charge in [-0.1, -0.05) is 48.5 Å². The van der Waals surface area contributed by atoms with Gasteiger partial charge in [0.25, 0.3) is 0 Å². The van der Waals surface area contributed by atoms with Crippen molar-refractivity contribution in [3.8, 4) is 0 Å². The van der Waals surface area contributed by atoms with Crippen molar-refractivity contribution in [1.82, 2.24) is 9.55 Å². The number of nitrogens with zero attached hydrogens (tertiary/aromatic N) is 2. The van der Waals surface area contributed by atoms with Gasteiger partial charge in [-0.3, -0.25) is 9.59 Å². The minimum Gasteiger partial charge on any atom is -0.454 e. The van der Waals surface area contributed by atoms with Crippen molar-refractivity contribution in [3.63, 3.8) is 0 Å². The summed E-state index contributed by atoms with van der Waals surface area (Å²) in [7, 11) is 0. The van der Waals surface area contributed by atoms with Gasteiger partial charge in [-0.25, -0.2) is 14.3 Å². The lowest BCUT2D eigenvalue weighted by Crippen LogP contribution is -2.76. The van der Waals surface area contributed by atoms with Crippen molar-refractivity contribution in [1.29, 1.82) is 0 Å². The van der Waals surface area contributed by atoms with Gasteiger partial charge in [0, 0.05) is 35.6 Å². The molecule has 6 fully saturated rings. The molecule has 2 bridgehead atoms. The summed E-state index contributed by atoms with van der Waals surface area (Å²) in [6.45, 7) is 16.2. The van der Waals surface area contributed by atoms with Crippen LogP contribution in [-0.4, -0.2) is 39.1 Å². The van der Waals surface area contributed by atoms with Crippen molar-refractivity contribution >= 4 is 17.8 Å². The Bertz CT molecular complexity index is 1320. The Morgan fingerprint density at radius 2 is 1.68 bits per heavy atom. The van der Waals surface area contributed by atoms with Crippen molar-refractivity contribution in [3.05, 3.63) is 18.7 Å². The van der Waals surface area contributed by atoms with Crippen molar-refractivity contribution < 1.29 is 23.9 Å². The maximum atomic E-state index is 14.1. The van der Waals surface area contributed by atoms with Crippen molar-refractivity contribution in [2.24, 2.45) is 50.2 Å². The predicted molar refractivity (Wildman–Crippen MR) is 153 cm³/mol. The summed E-state index contributed by atoms with van der Waals surface area (Å²) in [4.78, 5) is 45.1. The molecule has 1 spiro atoms. The molecule has 5 aliphatic carbocycles. The number of fused-ring (bicyclic) bond motifs is 4. The summed E-state index contributed by atoms with van der Waals surface area (Å²) >= 11 is 0. The Kier molecular flexibility index (Phi) is 5.43. The Morgan fingerprint density at radius 1 is 0.951 bits per heavy atom. The topological polar surface area (TPSA) is 87.5 Å². The van der Waals surface area contributed by atoms with E-state index in [-0.39, 0.29) is 50.8 Å². The summed E-state index contributed by atoms with van der Waals surface area (Å²) < 4.78 is 14.9. The smallest absolute Gasteiger partial charge is 0.419 e. The summed E-state index contributed by atoms with van der Waals surface area (Å²) in [6.07, 6.45) is 12.3. The van der Waals surface area contributed by atoms with Gasteiger partial charge in [0.2, 0.25) is 0 Å². The molecule has 1 aromatic rings. The molecule has 1 aliphatic heterocycles. The fourth-order valence-corrected chi connectivity index (χ4v) is 12.3. The van der Waals surface area contributed by atoms with Crippen molar-refractivity contribution in [2.75, 3.05) is 0 Å². The van der Waals surface area contributed by atoms with Crippen LogP contribution in [0.5, 0.6) is 0 Å². The molecule has 0 amide bonds. The highest BCUT2D eigenvalue weighted by Gasteiger charge is 2.84. The highest BCUT2D eigenvalue weighted by atomic mass is 16.6. The number of hydrogen-bond acceptors (Lipinski definition) is 6. The van der Waals surface area contributed by atoms with E-state index in [1.165, 1.54) is 10.9 Å². The minimum absolute atomic E-state index is 0.0123. The molecule has 0 aromatic carbocycles. The molecular weight excluding hydrogens is 516 g/mol. The lowest BCUT2D eigenvalue weighted by molar-refractivity contribution is -0.310. The second kappa shape index (κ2) is 8.05. The van der Waals surface area contributed by atoms with Gasteiger partial charge >= 0.3 is 12.1 Å². The van der Waals surface area contributed by atoms with Crippen LogP contribution in [0.3, 0.4) is 0 Å². The van der Waals surface area contributed by atoms with Gasteiger partial charge in [-0.2, -0.15) is 0 Å². The number of ether oxygens (including phenoxy) is 2. The van der Waals surface area contributed by atoms with Crippen LogP contribution < -0.4 is 0 Å². The first-order valence-electron chi connectivity index (χ1n) is 16.0. The van der Waals surface area contributed by atoms with E-state index in [4.69, 9.17) is 9.47 Å². The summed E-state index contributed by atoms with van der Waals surface area (Å²) in [6, 6.07) is 0. The molecule has 0 N–H and O–H groups in total. The Hall–Kier alpha value is -2.18. The fourth-order valence-electron chi connectivity index (χ4n) is 12.3. The Morgan fingerprint density at radius 3 is 2.39 bits per heavy atom. The highest BCUT2D eigenvalue weighted by Crippen LogP contribution is 2.81. The van der Waals surface area contributed by atoms with E-state index in [1.807, 2.05) is 0 Å². The van der Waals surface area contributed by atoms with Crippen molar-refractivity contribution in [2.45, 2.75) is 124 Å². The molecule has 5 saturated carbocycles. The van der Waals surface area contributed by atoms with Gasteiger partial charge in [0.1, 0.15) is 18.2 Å². The largest absolute Gasteiger partial charge is 0.454 e. The Balaban J connectivity index is 1.41. The van der Waals surface area contributed by atoms with E-state index in [9.17, 15) is 14.4 Å². The van der Waals surface area contributed by atoms with Crippen LogP contribution in [-0.2, 0) is 19.1 Å². The van der Waals surface area contributed by atoms with Crippen LogP contribution >= 0.6 is 0 Å². The fraction of sp³-hybridized carbons (Fsp3) is 0.824. The molecule has 7 nitrogen and oxygen atoms in total. The normalized spacial score (nSPS) is 49.1. The molecule has 224 valence electrons. The van der Waals surface area contributed by atoms with Crippen LogP contribution in [0, 0.1) is 50.2 Å².